The van der Waals surface area contributed by atoms with E-state index in [1.807, 2.05) is 17.5 Å². The van der Waals surface area contributed by atoms with Crippen molar-refractivity contribution in [3.8, 4) is 11.3 Å². The maximum Gasteiger partial charge on any atom is 0.243 e. The van der Waals surface area contributed by atoms with Crippen molar-refractivity contribution in [3.63, 3.8) is 0 Å². The van der Waals surface area contributed by atoms with E-state index in [1.165, 1.54) is 18.2 Å². The Hall–Kier alpha value is -2.47. The maximum absolute atomic E-state index is 13.0. The molecule has 0 spiro atoms. The van der Waals surface area contributed by atoms with Gasteiger partial charge in [-0.1, -0.05) is 17.4 Å². The van der Waals surface area contributed by atoms with Crippen LogP contribution in [0.5, 0.6) is 0 Å². The van der Waals surface area contributed by atoms with Crippen molar-refractivity contribution in [1.82, 2.24) is 14.7 Å². The standard InChI is InChI=1S/C17H16FN3OS/c1-3-4-16(22)19-9-15-11(2)21-10-14(20-17(21)23-15)12-5-7-13(18)8-6-12/h3-8,10H,9H2,1-2H3,(H,19,22). The van der Waals surface area contributed by atoms with Gasteiger partial charge in [-0.2, -0.15) is 0 Å². The van der Waals surface area contributed by atoms with Crippen molar-refractivity contribution in [3.05, 3.63) is 59.0 Å². The molecule has 1 aromatic carbocycles. The summed E-state index contributed by atoms with van der Waals surface area (Å²) >= 11 is 1.54. The molecule has 0 unspecified atom stereocenters. The average Bonchev–Trinajstić information content (AvgIpc) is 3.06. The van der Waals surface area contributed by atoms with Gasteiger partial charge in [-0.05, 0) is 44.2 Å². The fourth-order valence-corrected chi connectivity index (χ4v) is 3.34. The number of carbonyl (C=O) groups is 1. The molecular formula is C17H16FN3OS. The van der Waals surface area contributed by atoms with Crippen LogP contribution in [0.4, 0.5) is 4.39 Å². The molecule has 0 aliphatic heterocycles. The molecule has 3 aromatic rings. The molecule has 0 aliphatic rings. The van der Waals surface area contributed by atoms with Crippen molar-refractivity contribution in [2.24, 2.45) is 0 Å². The number of thiazole rings is 1. The van der Waals surface area contributed by atoms with Crippen molar-refractivity contribution in [2.45, 2.75) is 20.4 Å². The molecule has 3 rings (SSSR count). The number of aromatic nitrogens is 2. The molecule has 0 bridgehead atoms. The molecular weight excluding hydrogens is 313 g/mol. The van der Waals surface area contributed by atoms with Gasteiger partial charge in [-0.25, -0.2) is 9.37 Å². The van der Waals surface area contributed by atoms with E-state index >= 15 is 0 Å². The Kier molecular flexibility index (Phi) is 4.25. The Balaban J connectivity index is 1.85. The summed E-state index contributed by atoms with van der Waals surface area (Å²) in [5.74, 6) is -0.366. The lowest BCUT2D eigenvalue weighted by Gasteiger charge is -2.01. The van der Waals surface area contributed by atoms with E-state index in [-0.39, 0.29) is 11.7 Å². The van der Waals surface area contributed by atoms with Crippen molar-refractivity contribution < 1.29 is 9.18 Å². The highest BCUT2D eigenvalue weighted by Gasteiger charge is 2.13. The Morgan fingerprint density at radius 2 is 2.13 bits per heavy atom. The Bertz CT molecular complexity index is 877. The summed E-state index contributed by atoms with van der Waals surface area (Å²) in [4.78, 5) is 18.0. The molecule has 0 fully saturated rings. The molecule has 0 saturated heterocycles. The number of amides is 1. The molecule has 23 heavy (non-hydrogen) atoms. The van der Waals surface area contributed by atoms with Crippen LogP contribution in [0.15, 0.2) is 42.6 Å². The number of hydrogen-bond donors (Lipinski definition) is 1. The van der Waals surface area contributed by atoms with E-state index in [2.05, 4.69) is 10.3 Å². The molecule has 2 aromatic heterocycles. The SMILES string of the molecule is CC=CC(=O)NCc1sc2nc(-c3ccc(F)cc3)cn2c1C. The van der Waals surface area contributed by atoms with Crippen LogP contribution in [0.2, 0.25) is 0 Å². The number of benzene rings is 1. The summed E-state index contributed by atoms with van der Waals surface area (Å²) in [6.45, 7) is 4.28. The van der Waals surface area contributed by atoms with Gasteiger partial charge in [-0.3, -0.25) is 9.20 Å². The zero-order chi connectivity index (χ0) is 16.4. The second-order valence-electron chi connectivity index (χ2n) is 5.11. The number of nitrogens with one attached hydrogen (secondary N) is 1. The van der Waals surface area contributed by atoms with E-state index < -0.39 is 0 Å². The van der Waals surface area contributed by atoms with Gasteiger partial charge in [0.2, 0.25) is 5.91 Å². The highest BCUT2D eigenvalue weighted by atomic mass is 32.1. The molecule has 1 amide bonds. The number of halogens is 1. The fourth-order valence-electron chi connectivity index (χ4n) is 2.30. The van der Waals surface area contributed by atoms with Crippen molar-refractivity contribution >= 4 is 22.2 Å². The first-order valence-corrected chi connectivity index (χ1v) is 8.04. The zero-order valence-corrected chi connectivity index (χ0v) is 13.7. The molecule has 118 valence electrons. The number of allylic oxidation sites excluding steroid dienone is 1. The van der Waals surface area contributed by atoms with E-state index in [0.717, 1.165) is 26.8 Å². The molecule has 0 radical (unpaired) electrons. The van der Waals surface area contributed by atoms with Gasteiger partial charge < -0.3 is 5.32 Å². The lowest BCUT2D eigenvalue weighted by Crippen LogP contribution is -2.20. The van der Waals surface area contributed by atoms with E-state index in [0.29, 0.717) is 6.54 Å². The van der Waals surface area contributed by atoms with E-state index in [9.17, 15) is 9.18 Å². The topological polar surface area (TPSA) is 46.4 Å². The highest BCUT2D eigenvalue weighted by Crippen LogP contribution is 2.27. The van der Waals surface area contributed by atoms with Crippen LogP contribution >= 0.6 is 11.3 Å². The predicted octanol–water partition coefficient (Wildman–Crippen LogP) is 3.70. The van der Waals surface area contributed by atoms with Gasteiger partial charge in [0.15, 0.2) is 4.96 Å². The zero-order valence-electron chi connectivity index (χ0n) is 12.8. The summed E-state index contributed by atoms with van der Waals surface area (Å²) in [6.07, 6.45) is 5.14. The first-order valence-electron chi connectivity index (χ1n) is 7.22. The lowest BCUT2D eigenvalue weighted by molar-refractivity contribution is -0.116. The minimum absolute atomic E-state index is 0.107. The van der Waals surface area contributed by atoms with Crippen molar-refractivity contribution in [1.29, 1.82) is 0 Å². The average molecular weight is 329 g/mol. The molecule has 1 N–H and O–H groups in total. The Morgan fingerprint density at radius 3 is 2.78 bits per heavy atom. The highest BCUT2D eigenvalue weighted by molar-refractivity contribution is 7.17. The summed E-state index contributed by atoms with van der Waals surface area (Å²) in [5, 5.41) is 2.85. The van der Waals surface area contributed by atoms with Crippen LogP contribution in [0.25, 0.3) is 16.2 Å². The first kappa shape index (κ1) is 15.4. The fraction of sp³-hybridized carbons (Fsp3) is 0.176. The van der Waals surface area contributed by atoms with Crippen LogP contribution in [0, 0.1) is 12.7 Å². The van der Waals surface area contributed by atoms with Crippen LogP contribution in [-0.4, -0.2) is 15.3 Å². The Morgan fingerprint density at radius 1 is 1.39 bits per heavy atom. The minimum Gasteiger partial charge on any atom is -0.348 e. The monoisotopic (exact) mass is 329 g/mol. The van der Waals surface area contributed by atoms with Gasteiger partial charge in [0.05, 0.1) is 12.2 Å². The maximum atomic E-state index is 13.0. The third-order valence-corrected chi connectivity index (χ3v) is 4.69. The minimum atomic E-state index is -0.259. The summed E-state index contributed by atoms with van der Waals surface area (Å²) < 4.78 is 15.0. The number of imidazole rings is 1. The molecule has 0 aliphatic carbocycles. The number of fused-ring (bicyclic) bond motifs is 1. The Labute approximate surface area is 137 Å². The van der Waals surface area contributed by atoms with E-state index in [1.54, 1.807) is 36.5 Å². The second-order valence-corrected chi connectivity index (χ2v) is 6.18. The van der Waals surface area contributed by atoms with Gasteiger partial charge >= 0.3 is 0 Å². The van der Waals surface area contributed by atoms with Gasteiger partial charge in [0.25, 0.3) is 0 Å². The van der Waals surface area contributed by atoms with E-state index in [4.69, 9.17) is 0 Å². The van der Waals surface area contributed by atoms with Crippen LogP contribution in [0.1, 0.15) is 17.5 Å². The van der Waals surface area contributed by atoms with Crippen LogP contribution in [0.3, 0.4) is 0 Å². The lowest BCUT2D eigenvalue weighted by atomic mass is 10.2. The quantitative estimate of drug-likeness (QED) is 0.742. The molecule has 0 atom stereocenters. The number of hydrogen-bond acceptors (Lipinski definition) is 3. The number of carbonyl (C=O) groups excluding carboxylic acids is 1. The number of rotatable bonds is 4. The first-order chi connectivity index (χ1) is 11.1. The third kappa shape index (κ3) is 3.17. The molecule has 6 heteroatoms. The normalized spacial score (nSPS) is 11.4. The van der Waals surface area contributed by atoms with Gasteiger partial charge in [0.1, 0.15) is 5.82 Å². The number of nitrogens with zero attached hydrogens (tertiary/aromatic N) is 2. The molecule has 0 saturated carbocycles. The predicted molar refractivity (Wildman–Crippen MR) is 89.9 cm³/mol. The summed E-state index contributed by atoms with van der Waals surface area (Å²) in [5.41, 5.74) is 2.74. The summed E-state index contributed by atoms with van der Waals surface area (Å²) in [7, 11) is 0. The summed E-state index contributed by atoms with van der Waals surface area (Å²) in [6, 6.07) is 6.29. The second kappa shape index (κ2) is 6.34. The van der Waals surface area contributed by atoms with Gasteiger partial charge in [0, 0.05) is 22.3 Å². The largest absolute Gasteiger partial charge is 0.348 e. The van der Waals surface area contributed by atoms with Crippen LogP contribution in [-0.2, 0) is 11.3 Å². The van der Waals surface area contributed by atoms with Crippen LogP contribution < -0.4 is 5.32 Å². The smallest absolute Gasteiger partial charge is 0.243 e. The molecule has 4 nitrogen and oxygen atoms in total. The third-order valence-electron chi connectivity index (χ3n) is 3.53. The number of aryl methyl sites for hydroxylation is 1. The van der Waals surface area contributed by atoms with Gasteiger partial charge in [-0.15, -0.1) is 0 Å². The van der Waals surface area contributed by atoms with Crippen molar-refractivity contribution in [2.75, 3.05) is 0 Å². The molecule has 2 heterocycles.